The highest BCUT2D eigenvalue weighted by atomic mass is 32.2. The molecular weight excluding hydrogens is 250 g/mol. The number of nitrogens with one attached hydrogen (secondary N) is 1. The minimum Gasteiger partial charge on any atom is -0.314 e. The van der Waals surface area contributed by atoms with Crippen molar-refractivity contribution in [2.75, 3.05) is 12.3 Å². The Morgan fingerprint density at radius 3 is 2.67 bits per heavy atom. The lowest BCUT2D eigenvalue weighted by Gasteiger charge is -2.42. The van der Waals surface area contributed by atoms with Crippen molar-refractivity contribution in [3.05, 3.63) is 0 Å². The van der Waals surface area contributed by atoms with E-state index in [1.807, 2.05) is 0 Å². The second kappa shape index (κ2) is 6.35. The van der Waals surface area contributed by atoms with Crippen LogP contribution >= 0.6 is 0 Å². The molecule has 3 atom stereocenters. The molecule has 0 bridgehead atoms. The first-order chi connectivity index (χ1) is 8.56. The molecule has 0 amide bonds. The molecule has 1 heterocycles. The first-order valence-corrected chi connectivity index (χ1v) is 8.86. The molecule has 0 aromatic heterocycles. The lowest BCUT2D eigenvalue weighted by molar-refractivity contribution is 0.127. The van der Waals surface area contributed by atoms with Gasteiger partial charge in [-0.05, 0) is 44.1 Å². The lowest BCUT2D eigenvalue weighted by Crippen LogP contribution is -2.47. The van der Waals surface area contributed by atoms with Crippen LogP contribution in [0.5, 0.6) is 0 Å². The van der Waals surface area contributed by atoms with Crippen molar-refractivity contribution in [3.8, 4) is 0 Å². The van der Waals surface area contributed by atoms with E-state index < -0.39 is 10.1 Å². The Morgan fingerprint density at radius 2 is 1.89 bits per heavy atom. The summed E-state index contributed by atoms with van der Waals surface area (Å²) in [7, 11) is -3.77. The Bertz CT molecular complexity index is 353. The van der Waals surface area contributed by atoms with Crippen molar-refractivity contribution in [2.45, 2.75) is 57.4 Å². The zero-order valence-electron chi connectivity index (χ0n) is 11.0. The highest BCUT2D eigenvalue weighted by molar-refractivity contribution is 7.85. The average Bonchev–Trinajstić information content (AvgIpc) is 2.33. The van der Waals surface area contributed by atoms with Crippen LogP contribution in [0.4, 0.5) is 0 Å². The van der Waals surface area contributed by atoms with Gasteiger partial charge in [0.05, 0.1) is 5.75 Å². The van der Waals surface area contributed by atoms with Gasteiger partial charge in [0, 0.05) is 6.04 Å². The summed E-state index contributed by atoms with van der Waals surface area (Å²) in [5.41, 5.74) is 0. The summed E-state index contributed by atoms with van der Waals surface area (Å²) in [6, 6.07) is 0.574. The van der Waals surface area contributed by atoms with Gasteiger partial charge in [0.25, 0.3) is 10.1 Å². The van der Waals surface area contributed by atoms with Gasteiger partial charge in [0.2, 0.25) is 0 Å². The van der Waals surface area contributed by atoms with E-state index in [4.69, 9.17) is 4.55 Å². The number of rotatable bonds is 5. The van der Waals surface area contributed by atoms with Gasteiger partial charge in [-0.2, -0.15) is 8.42 Å². The first kappa shape index (κ1) is 14.3. The molecule has 106 valence electrons. The molecule has 0 radical (unpaired) electrons. The maximum atomic E-state index is 10.7. The van der Waals surface area contributed by atoms with E-state index in [1.165, 1.54) is 32.1 Å². The zero-order valence-corrected chi connectivity index (χ0v) is 11.8. The average molecular weight is 275 g/mol. The Morgan fingerprint density at radius 1 is 1.11 bits per heavy atom. The quantitative estimate of drug-likeness (QED) is 0.596. The highest BCUT2D eigenvalue weighted by Crippen LogP contribution is 2.37. The Labute approximate surface area is 110 Å². The largest absolute Gasteiger partial charge is 0.314 e. The summed E-state index contributed by atoms with van der Waals surface area (Å²) < 4.78 is 30.0. The fourth-order valence-electron chi connectivity index (χ4n) is 3.69. The van der Waals surface area contributed by atoms with Crippen LogP contribution in [0.15, 0.2) is 0 Å². The minimum absolute atomic E-state index is 0.0895. The summed E-state index contributed by atoms with van der Waals surface area (Å²) in [6.45, 7) is 1.12. The maximum absolute atomic E-state index is 10.7. The van der Waals surface area contributed by atoms with Crippen molar-refractivity contribution in [3.63, 3.8) is 0 Å². The van der Waals surface area contributed by atoms with Gasteiger partial charge >= 0.3 is 0 Å². The summed E-state index contributed by atoms with van der Waals surface area (Å²) in [5, 5.41) is 3.60. The van der Waals surface area contributed by atoms with E-state index in [2.05, 4.69) is 5.32 Å². The van der Waals surface area contributed by atoms with E-state index >= 15 is 0 Å². The van der Waals surface area contributed by atoms with Crippen molar-refractivity contribution < 1.29 is 13.0 Å². The molecule has 4 nitrogen and oxygen atoms in total. The van der Waals surface area contributed by atoms with Crippen LogP contribution in [0.1, 0.15) is 51.4 Å². The van der Waals surface area contributed by atoms with E-state index in [-0.39, 0.29) is 5.75 Å². The maximum Gasteiger partial charge on any atom is 0.264 e. The van der Waals surface area contributed by atoms with Crippen LogP contribution in [0.25, 0.3) is 0 Å². The van der Waals surface area contributed by atoms with E-state index in [9.17, 15) is 8.42 Å². The minimum atomic E-state index is -3.77. The van der Waals surface area contributed by atoms with Crippen molar-refractivity contribution in [1.82, 2.24) is 5.32 Å². The van der Waals surface area contributed by atoms with Gasteiger partial charge < -0.3 is 5.32 Å². The number of piperidine rings is 1. The second-order valence-electron chi connectivity index (χ2n) is 5.84. The molecule has 1 aliphatic heterocycles. The molecule has 1 aliphatic carbocycles. The molecule has 0 aromatic carbocycles. The van der Waals surface area contributed by atoms with Crippen LogP contribution in [0.2, 0.25) is 0 Å². The third kappa shape index (κ3) is 4.21. The van der Waals surface area contributed by atoms with Crippen LogP contribution in [-0.4, -0.2) is 31.3 Å². The predicted molar refractivity (Wildman–Crippen MR) is 72.1 cm³/mol. The summed E-state index contributed by atoms with van der Waals surface area (Å²) in [5.74, 6) is 1.61. The van der Waals surface area contributed by atoms with Gasteiger partial charge in [0.1, 0.15) is 0 Å². The molecular formula is C13H25NO3S. The molecule has 2 fully saturated rings. The van der Waals surface area contributed by atoms with Crippen molar-refractivity contribution in [2.24, 2.45) is 11.8 Å². The van der Waals surface area contributed by atoms with Gasteiger partial charge in [-0.15, -0.1) is 0 Å². The predicted octanol–water partition coefficient (Wildman–Crippen LogP) is 2.21. The van der Waals surface area contributed by atoms with Crippen LogP contribution in [0, 0.1) is 11.8 Å². The Balaban J connectivity index is 1.74. The zero-order chi connectivity index (χ0) is 13.0. The van der Waals surface area contributed by atoms with Gasteiger partial charge in [0.15, 0.2) is 0 Å². The van der Waals surface area contributed by atoms with Gasteiger partial charge in [-0.1, -0.05) is 25.7 Å². The molecule has 0 aromatic rings. The molecule has 1 saturated carbocycles. The Hall–Kier alpha value is -0.130. The number of unbranched alkanes of at least 4 members (excludes halogenated alkanes) is 1. The molecule has 0 spiro atoms. The smallest absolute Gasteiger partial charge is 0.264 e. The monoisotopic (exact) mass is 275 g/mol. The standard InChI is InChI=1S/C13H25NO3S/c15-18(16,17)10-4-3-7-13-12-6-2-1-5-11(12)8-9-14-13/h11-14H,1-10H2,(H,15,16,17). The number of hydrogen-bond acceptors (Lipinski definition) is 3. The SMILES string of the molecule is O=S(=O)(O)CCCCC1NCCC2CCCCC21. The number of fused-ring (bicyclic) bond motifs is 1. The van der Waals surface area contributed by atoms with E-state index in [1.54, 1.807) is 0 Å². The summed E-state index contributed by atoms with van der Waals surface area (Å²) in [6.07, 6.45) is 9.29. The molecule has 18 heavy (non-hydrogen) atoms. The third-order valence-electron chi connectivity index (χ3n) is 4.57. The van der Waals surface area contributed by atoms with Crippen molar-refractivity contribution >= 4 is 10.1 Å². The molecule has 2 rings (SSSR count). The second-order valence-corrected chi connectivity index (χ2v) is 7.41. The summed E-state index contributed by atoms with van der Waals surface area (Å²) in [4.78, 5) is 0. The van der Waals surface area contributed by atoms with E-state index in [0.717, 1.165) is 31.2 Å². The van der Waals surface area contributed by atoms with Crippen molar-refractivity contribution in [1.29, 1.82) is 0 Å². The van der Waals surface area contributed by atoms with Gasteiger partial charge in [-0.25, -0.2) is 0 Å². The van der Waals surface area contributed by atoms with Crippen LogP contribution in [-0.2, 0) is 10.1 Å². The molecule has 2 N–H and O–H groups in total. The topological polar surface area (TPSA) is 66.4 Å². The highest BCUT2D eigenvalue weighted by Gasteiger charge is 2.33. The first-order valence-electron chi connectivity index (χ1n) is 7.25. The Kier molecular flexibility index (Phi) is 5.04. The van der Waals surface area contributed by atoms with Crippen LogP contribution in [0.3, 0.4) is 0 Å². The molecule has 1 saturated heterocycles. The molecule has 2 aliphatic rings. The normalized spacial score (nSPS) is 33.1. The fraction of sp³-hybridized carbons (Fsp3) is 1.00. The third-order valence-corrected chi connectivity index (χ3v) is 5.38. The molecule has 3 unspecified atom stereocenters. The lowest BCUT2D eigenvalue weighted by atomic mass is 9.70. The van der Waals surface area contributed by atoms with Crippen LogP contribution < -0.4 is 5.32 Å². The molecule has 5 heteroatoms. The van der Waals surface area contributed by atoms with E-state index in [0.29, 0.717) is 12.5 Å². The summed E-state index contributed by atoms with van der Waals surface area (Å²) >= 11 is 0. The fourth-order valence-corrected chi connectivity index (χ4v) is 4.26. The van der Waals surface area contributed by atoms with Gasteiger partial charge in [-0.3, -0.25) is 4.55 Å². The number of hydrogen-bond donors (Lipinski definition) is 2.